The lowest BCUT2D eigenvalue weighted by Gasteiger charge is -2.21. The van der Waals surface area contributed by atoms with Crippen LogP contribution in [0.5, 0.6) is 0 Å². The fourth-order valence-corrected chi connectivity index (χ4v) is 1.68. The van der Waals surface area contributed by atoms with E-state index in [1.165, 1.54) is 0 Å². The van der Waals surface area contributed by atoms with Crippen molar-refractivity contribution in [3.8, 4) is 0 Å². The first kappa shape index (κ1) is 15.1. The van der Waals surface area contributed by atoms with Gasteiger partial charge < -0.3 is 10.1 Å². The van der Waals surface area contributed by atoms with E-state index in [0.29, 0.717) is 5.92 Å². The minimum atomic E-state index is -0.0420. The van der Waals surface area contributed by atoms with Crippen molar-refractivity contribution in [1.82, 2.24) is 15.3 Å². The Morgan fingerprint density at radius 2 is 2.00 bits per heavy atom. The molecule has 1 aromatic rings. The van der Waals surface area contributed by atoms with Crippen molar-refractivity contribution in [1.29, 1.82) is 0 Å². The maximum absolute atomic E-state index is 5.45. The molecule has 1 rings (SSSR count). The molecule has 1 atom stereocenters. The third-order valence-corrected chi connectivity index (χ3v) is 2.65. The van der Waals surface area contributed by atoms with E-state index in [-0.39, 0.29) is 11.6 Å². The van der Waals surface area contributed by atoms with Crippen molar-refractivity contribution in [2.45, 2.75) is 52.8 Å². The second-order valence-electron chi connectivity index (χ2n) is 5.91. The maximum atomic E-state index is 5.45. The van der Waals surface area contributed by atoms with Crippen LogP contribution in [0.3, 0.4) is 0 Å². The Labute approximate surface area is 110 Å². The molecule has 1 N–H and O–H groups in total. The molecule has 4 heteroatoms. The monoisotopic (exact) mass is 251 g/mol. The molecular weight excluding hydrogens is 226 g/mol. The van der Waals surface area contributed by atoms with Crippen molar-refractivity contribution in [2.75, 3.05) is 7.11 Å². The van der Waals surface area contributed by atoms with E-state index in [1.54, 1.807) is 13.3 Å². The number of nitrogens with zero attached hydrogens (tertiary/aromatic N) is 2. The molecular formula is C14H25N3O. The number of hydrogen-bond donors (Lipinski definition) is 1. The number of rotatable bonds is 5. The highest BCUT2D eigenvalue weighted by Crippen LogP contribution is 2.21. The number of aromatic nitrogens is 2. The number of ether oxygens (including phenoxy) is 1. The molecule has 0 amide bonds. The van der Waals surface area contributed by atoms with E-state index < -0.39 is 0 Å². The quantitative estimate of drug-likeness (QED) is 0.874. The highest BCUT2D eigenvalue weighted by Gasteiger charge is 2.18. The van der Waals surface area contributed by atoms with Crippen molar-refractivity contribution < 1.29 is 4.74 Å². The Bertz CT molecular complexity index is 372. The van der Waals surface area contributed by atoms with Crippen LogP contribution in [0.4, 0.5) is 0 Å². The molecule has 1 aromatic heterocycles. The summed E-state index contributed by atoms with van der Waals surface area (Å²) < 4.78 is 5.45. The zero-order chi connectivity index (χ0) is 13.8. The Balaban J connectivity index is 2.79. The fraction of sp³-hybridized carbons (Fsp3) is 0.714. The summed E-state index contributed by atoms with van der Waals surface area (Å²) in [5, 5.41) is 3.42. The molecule has 0 saturated heterocycles. The van der Waals surface area contributed by atoms with Gasteiger partial charge in [0.1, 0.15) is 6.10 Å². The van der Waals surface area contributed by atoms with Crippen LogP contribution in [-0.4, -0.2) is 22.6 Å². The molecule has 4 nitrogen and oxygen atoms in total. The predicted octanol–water partition coefficient (Wildman–Crippen LogP) is 2.71. The lowest BCUT2D eigenvalue weighted by molar-refractivity contribution is 0.0572. The summed E-state index contributed by atoms with van der Waals surface area (Å²) >= 11 is 0. The van der Waals surface area contributed by atoms with Gasteiger partial charge in [0, 0.05) is 25.4 Å². The molecule has 0 aliphatic rings. The van der Waals surface area contributed by atoms with Gasteiger partial charge in [-0.05, 0) is 32.8 Å². The molecule has 18 heavy (non-hydrogen) atoms. The van der Waals surface area contributed by atoms with Crippen LogP contribution in [0.15, 0.2) is 12.3 Å². The molecule has 1 heterocycles. The number of hydrogen-bond acceptors (Lipinski definition) is 4. The third kappa shape index (κ3) is 4.70. The van der Waals surface area contributed by atoms with Gasteiger partial charge in [-0.2, -0.15) is 0 Å². The van der Waals surface area contributed by atoms with Gasteiger partial charge in [-0.15, -0.1) is 0 Å². The van der Waals surface area contributed by atoms with Crippen molar-refractivity contribution >= 4 is 0 Å². The molecule has 0 bridgehead atoms. The van der Waals surface area contributed by atoms with E-state index in [1.807, 2.05) is 6.07 Å². The van der Waals surface area contributed by atoms with E-state index in [2.05, 4.69) is 49.9 Å². The lowest BCUT2D eigenvalue weighted by Crippen LogP contribution is -2.35. The van der Waals surface area contributed by atoms with Gasteiger partial charge >= 0.3 is 0 Å². The largest absolute Gasteiger partial charge is 0.373 e. The van der Waals surface area contributed by atoms with E-state index in [4.69, 9.17) is 4.74 Å². The average molecular weight is 251 g/mol. The zero-order valence-corrected chi connectivity index (χ0v) is 12.3. The Morgan fingerprint density at radius 1 is 1.33 bits per heavy atom. The molecule has 1 unspecified atom stereocenters. The molecule has 0 radical (unpaired) electrons. The Morgan fingerprint density at radius 3 is 2.50 bits per heavy atom. The average Bonchev–Trinajstić information content (AvgIpc) is 2.26. The first-order chi connectivity index (χ1) is 8.33. The highest BCUT2D eigenvalue weighted by molar-refractivity contribution is 5.05. The second kappa shape index (κ2) is 6.25. The molecule has 0 aromatic carbocycles. The van der Waals surface area contributed by atoms with Gasteiger partial charge in [0.15, 0.2) is 5.82 Å². The van der Waals surface area contributed by atoms with Gasteiger partial charge in [-0.3, -0.25) is 0 Å². The first-order valence-electron chi connectivity index (χ1n) is 6.43. The standard InChI is InChI=1S/C14H25N3O/c1-10(2)12(18-6)13-15-8-7-11(17-13)9-16-14(3,4)5/h7-8,10,12,16H,9H2,1-6H3. The summed E-state index contributed by atoms with van der Waals surface area (Å²) in [6.07, 6.45) is 1.76. The third-order valence-electron chi connectivity index (χ3n) is 2.65. The van der Waals surface area contributed by atoms with Gasteiger partial charge in [0.25, 0.3) is 0 Å². The second-order valence-corrected chi connectivity index (χ2v) is 5.91. The Kier molecular flexibility index (Phi) is 5.23. The molecule has 102 valence electrons. The van der Waals surface area contributed by atoms with Gasteiger partial charge in [-0.1, -0.05) is 13.8 Å². The summed E-state index contributed by atoms with van der Waals surface area (Å²) in [5.41, 5.74) is 1.08. The van der Waals surface area contributed by atoms with Gasteiger partial charge in [0.05, 0.1) is 5.69 Å². The smallest absolute Gasteiger partial charge is 0.157 e. The lowest BCUT2D eigenvalue weighted by atomic mass is 10.1. The van der Waals surface area contributed by atoms with E-state index in [0.717, 1.165) is 18.1 Å². The molecule has 0 aliphatic heterocycles. The molecule has 0 fully saturated rings. The van der Waals surface area contributed by atoms with Crippen molar-refractivity contribution in [3.63, 3.8) is 0 Å². The van der Waals surface area contributed by atoms with E-state index in [9.17, 15) is 0 Å². The molecule has 0 saturated carbocycles. The van der Waals surface area contributed by atoms with Crippen LogP contribution < -0.4 is 5.32 Å². The minimum Gasteiger partial charge on any atom is -0.373 e. The highest BCUT2D eigenvalue weighted by atomic mass is 16.5. The minimum absolute atomic E-state index is 0.0420. The number of nitrogens with one attached hydrogen (secondary N) is 1. The molecule has 0 aliphatic carbocycles. The summed E-state index contributed by atoms with van der Waals surface area (Å²) in [4.78, 5) is 8.88. The SMILES string of the molecule is COC(c1nccc(CNC(C)(C)C)n1)C(C)C. The maximum Gasteiger partial charge on any atom is 0.157 e. The van der Waals surface area contributed by atoms with Crippen LogP contribution in [0.2, 0.25) is 0 Å². The fourth-order valence-electron chi connectivity index (χ4n) is 1.68. The van der Waals surface area contributed by atoms with Crippen LogP contribution in [-0.2, 0) is 11.3 Å². The van der Waals surface area contributed by atoms with Crippen LogP contribution >= 0.6 is 0 Å². The van der Waals surface area contributed by atoms with Crippen LogP contribution in [0.1, 0.15) is 52.2 Å². The summed E-state index contributed by atoms with van der Waals surface area (Å²) in [6, 6.07) is 1.94. The normalized spacial score (nSPS) is 13.9. The summed E-state index contributed by atoms with van der Waals surface area (Å²) in [6.45, 7) is 11.4. The Hall–Kier alpha value is -1.00. The van der Waals surface area contributed by atoms with E-state index >= 15 is 0 Å². The van der Waals surface area contributed by atoms with Gasteiger partial charge in [0.2, 0.25) is 0 Å². The summed E-state index contributed by atoms with van der Waals surface area (Å²) in [5.74, 6) is 1.13. The van der Waals surface area contributed by atoms with Crippen LogP contribution in [0, 0.1) is 5.92 Å². The molecule has 0 spiro atoms. The van der Waals surface area contributed by atoms with Gasteiger partial charge in [-0.25, -0.2) is 9.97 Å². The number of methoxy groups -OCH3 is 1. The first-order valence-corrected chi connectivity index (χ1v) is 6.43. The predicted molar refractivity (Wildman–Crippen MR) is 73.2 cm³/mol. The summed E-state index contributed by atoms with van der Waals surface area (Å²) in [7, 11) is 1.70. The zero-order valence-electron chi connectivity index (χ0n) is 12.3. The van der Waals surface area contributed by atoms with Crippen molar-refractivity contribution in [2.24, 2.45) is 5.92 Å². The van der Waals surface area contributed by atoms with Crippen LogP contribution in [0.25, 0.3) is 0 Å². The van der Waals surface area contributed by atoms with Crippen molar-refractivity contribution in [3.05, 3.63) is 23.8 Å². The topological polar surface area (TPSA) is 47.0 Å².